The molecule has 2 rings (SSSR count). The Morgan fingerprint density at radius 2 is 2.05 bits per heavy atom. The molecule has 3 N–H and O–H groups in total. The van der Waals surface area contributed by atoms with E-state index in [0.29, 0.717) is 12.0 Å². The van der Waals surface area contributed by atoms with Gasteiger partial charge in [-0.05, 0) is 23.8 Å². The van der Waals surface area contributed by atoms with Crippen molar-refractivity contribution < 1.29 is 29.6 Å². The van der Waals surface area contributed by atoms with Crippen LogP contribution in [0.25, 0.3) is 6.08 Å². The van der Waals surface area contributed by atoms with Crippen LogP contribution >= 0.6 is 15.9 Å². The van der Waals surface area contributed by atoms with E-state index in [1.54, 1.807) is 24.3 Å². The van der Waals surface area contributed by atoms with Crippen LogP contribution in [0.5, 0.6) is 0 Å². The van der Waals surface area contributed by atoms with E-state index in [4.69, 9.17) is 14.6 Å². The maximum Gasteiger partial charge on any atom is 0.371 e. The van der Waals surface area contributed by atoms with E-state index < -0.39 is 24.5 Å². The number of aliphatic hydroxyl groups is 2. The van der Waals surface area contributed by atoms with E-state index in [-0.39, 0.29) is 18.8 Å². The van der Waals surface area contributed by atoms with Gasteiger partial charge in [0, 0.05) is 17.3 Å². The van der Waals surface area contributed by atoms with Crippen molar-refractivity contribution in [1.82, 2.24) is 0 Å². The maximum atomic E-state index is 11.3. The fourth-order valence-electron chi connectivity index (χ4n) is 2.14. The molecule has 1 heterocycles. The summed E-state index contributed by atoms with van der Waals surface area (Å²) in [6.45, 7) is -0.254. The lowest BCUT2D eigenvalue weighted by Crippen LogP contribution is -2.39. The van der Waals surface area contributed by atoms with Crippen LogP contribution in [0.1, 0.15) is 18.4 Å². The van der Waals surface area contributed by atoms with Gasteiger partial charge >= 0.3 is 5.97 Å². The largest absolute Gasteiger partial charge is 0.475 e. The highest BCUT2D eigenvalue weighted by Gasteiger charge is 2.30. The van der Waals surface area contributed by atoms with E-state index in [9.17, 15) is 15.0 Å². The van der Waals surface area contributed by atoms with Crippen molar-refractivity contribution in [2.24, 2.45) is 0 Å². The lowest BCUT2D eigenvalue weighted by Gasteiger charge is -2.32. The van der Waals surface area contributed by atoms with Crippen molar-refractivity contribution in [3.63, 3.8) is 0 Å². The van der Waals surface area contributed by atoms with Gasteiger partial charge in [-0.15, -0.1) is 0 Å². The number of carboxylic acid groups (broad SMARTS) is 1. The average molecular weight is 373 g/mol. The molecule has 120 valence electrons. The van der Waals surface area contributed by atoms with Crippen LogP contribution in [0.2, 0.25) is 0 Å². The van der Waals surface area contributed by atoms with Crippen molar-refractivity contribution >= 4 is 28.0 Å². The number of carbonyl (C=O) groups is 1. The van der Waals surface area contributed by atoms with Crippen molar-refractivity contribution in [1.29, 1.82) is 0 Å². The summed E-state index contributed by atoms with van der Waals surface area (Å²) in [5.41, 5.74) is 0.663. The minimum absolute atomic E-state index is 0.154. The van der Waals surface area contributed by atoms with Crippen LogP contribution in [-0.2, 0) is 14.3 Å². The summed E-state index contributed by atoms with van der Waals surface area (Å²) < 4.78 is 11.6. The first-order valence-corrected chi connectivity index (χ1v) is 7.59. The predicted octanol–water partition coefficient (Wildman–Crippen LogP) is 1.75. The number of benzene rings is 1. The van der Waals surface area contributed by atoms with Crippen LogP contribution in [0, 0.1) is 0 Å². The van der Waals surface area contributed by atoms with Crippen molar-refractivity contribution in [2.75, 3.05) is 6.61 Å². The molecule has 1 aliphatic heterocycles. The Morgan fingerprint density at radius 1 is 1.36 bits per heavy atom. The monoisotopic (exact) mass is 372 g/mol. The van der Waals surface area contributed by atoms with E-state index in [1.165, 1.54) is 6.08 Å². The molecule has 0 bridgehead atoms. The molecular weight excluding hydrogens is 356 g/mol. The molecule has 0 spiro atoms. The van der Waals surface area contributed by atoms with E-state index in [0.717, 1.165) is 4.47 Å². The number of rotatable bonds is 5. The number of carboxylic acids is 1. The Bertz CT molecular complexity index is 541. The molecule has 1 aromatic rings. The van der Waals surface area contributed by atoms with Crippen LogP contribution in [0.15, 0.2) is 34.5 Å². The molecule has 0 saturated carbocycles. The molecule has 1 aliphatic rings. The first-order chi connectivity index (χ1) is 10.5. The molecule has 22 heavy (non-hydrogen) atoms. The van der Waals surface area contributed by atoms with Crippen LogP contribution in [0.4, 0.5) is 0 Å². The number of aliphatic hydroxyl groups excluding tert-OH is 2. The number of hydrogen-bond donors (Lipinski definition) is 3. The zero-order chi connectivity index (χ0) is 16.1. The standard InChI is InChI=1S/C15H17BrO6/c16-10-3-1-9(2-4-10)5-13(15(19)20)22-14-7-11(18)6-12(8-17)21-14/h1-5,11-12,14,17-18H,6-8H2,(H,19,20)/b13-5-. The second kappa shape index (κ2) is 7.73. The molecule has 6 nitrogen and oxygen atoms in total. The van der Waals surface area contributed by atoms with E-state index >= 15 is 0 Å². The Labute approximate surface area is 136 Å². The Kier molecular flexibility index (Phi) is 5.96. The smallest absolute Gasteiger partial charge is 0.371 e. The van der Waals surface area contributed by atoms with Crippen LogP contribution in [0.3, 0.4) is 0 Å². The zero-order valence-corrected chi connectivity index (χ0v) is 13.3. The normalized spacial score (nSPS) is 25.8. The van der Waals surface area contributed by atoms with Gasteiger partial charge in [-0.25, -0.2) is 4.79 Å². The molecular formula is C15H17BrO6. The van der Waals surface area contributed by atoms with Gasteiger partial charge in [0.05, 0.1) is 18.8 Å². The number of hydrogen-bond acceptors (Lipinski definition) is 5. The van der Waals surface area contributed by atoms with Crippen molar-refractivity contribution in [2.45, 2.75) is 31.3 Å². The minimum atomic E-state index is -1.23. The van der Waals surface area contributed by atoms with Gasteiger partial charge in [0.2, 0.25) is 12.0 Å². The molecule has 3 unspecified atom stereocenters. The third kappa shape index (κ3) is 4.81. The molecule has 7 heteroatoms. The highest BCUT2D eigenvalue weighted by molar-refractivity contribution is 9.10. The predicted molar refractivity (Wildman–Crippen MR) is 81.8 cm³/mol. The quantitative estimate of drug-likeness (QED) is 0.538. The summed E-state index contributed by atoms with van der Waals surface area (Å²) in [6, 6.07) is 7.05. The van der Waals surface area contributed by atoms with E-state index in [2.05, 4.69) is 15.9 Å². The van der Waals surface area contributed by atoms with Gasteiger partial charge in [0.1, 0.15) is 0 Å². The third-order valence-corrected chi connectivity index (χ3v) is 3.71. The molecule has 0 amide bonds. The second-order valence-corrected chi connectivity index (χ2v) is 5.89. The van der Waals surface area contributed by atoms with Crippen molar-refractivity contribution in [3.8, 4) is 0 Å². The second-order valence-electron chi connectivity index (χ2n) is 4.98. The number of aliphatic carboxylic acids is 1. The molecule has 1 saturated heterocycles. The van der Waals surface area contributed by atoms with Gasteiger partial charge in [-0.1, -0.05) is 28.1 Å². The van der Waals surface area contributed by atoms with Crippen LogP contribution < -0.4 is 0 Å². The summed E-state index contributed by atoms with van der Waals surface area (Å²) in [6.07, 6.45) is -0.321. The Balaban J connectivity index is 2.11. The highest BCUT2D eigenvalue weighted by atomic mass is 79.9. The van der Waals surface area contributed by atoms with Gasteiger partial charge in [-0.3, -0.25) is 0 Å². The molecule has 1 aromatic carbocycles. The molecule has 0 radical (unpaired) electrons. The first kappa shape index (κ1) is 17.0. The lowest BCUT2D eigenvalue weighted by atomic mass is 10.1. The molecule has 0 aliphatic carbocycles. The SMILES string of the molecule is O=C(O)/C(=C/c1ccc(Br)cc1)OC1CC(O)CC(CO)O1. The summed E-state index contributed by atoms with van der Waals surface area (Å²) in [7, 11) is 0. The fourth-order valence-corrected chi connectivity index (χ4v) is 2.40. The number of ether oxygens (including phenoxy) is 2. The lowest BCUT2D eigenvalue weighted by molar-refractivity contribution is -0.208. The van der Waals surface area contributed by atoms with Gasteiger partial charge in [-0.2, -0.15) is 0 Å². The van der Waals surface area contributed by atoms with Gasteiger partial charge < -0.3 is 24.8 Å². The number of halogens is 1. The highest BCUT2D eigenvalue weighted by Crippen LogP contribution is 2.23. The minimum Gasteiger partial charge on any atom is -0.475 e. The molecule has 1 fully saturated rings. The van der Waals surface area contributed by atoms with Gasteiger partial charge in [0.25, 0.3) is 0 Å². The summed E-state index contributed by atoms with van der Waals surface area (Å²) >= 11 is 3.30. The molecule has 0 aromatic heterocycles. The Morgan fingerprint density at radius 3 is 2.64 bits per heavy atom. The maximum absolute atomic E-state index is 11.3. The summed E-state index contributed by atoms with van der Waals surface area (Å²) in [5, 5.41) is 28.1. The first-order valence-electron chi connectivity index (χ1n) is 6.79. The van der Waals surface area contributed by atoms with E-state index in [1.807, 2.05) is 0 Å². The Hall–Kier alpha value is -1.41. The fraction of sp³-hybridized carbons (Fsp3) is 0.400. The third-order valence-electron chi connectivity index (χ3n) is 3.18. The van der Waals surface area contributed by atoms with Crippen molar-refractivity contribution in [3.05, 3.63) is 40.1 Å². The average Bonchev–Trinajstić information content (AvgIpc) is 2.48. The zero-order valence-electron chi connectivity index (χ0n) is 11.7. The summed E-state index contributed by atoms with van der Waals surface area (Å²) in [4.78, 5) is 11.3. The van der Waals surface area contributed by atoms with Gasteiger partial charge in [0.15, 0.2) is 0 Å². The summed E-state index contributed by atoms with van der Waals surface area (Å²) in [5.74, 6) is -1.51. The van der Waals surface area contributed by atoms with Crippen LogP contribution in [-0.4, -0.2) is 46.4 Å². The molecule has 3 atom stereocenters. The topological polar surface area (TPSA) is 96.2 Å².